The summed E-state index contributed by atoms with van der Waals surface area (Å²) in [7, 11) is 0. The molecule has 1 aliphatic carbocycles. The average molecular weight is 1140 g/mol. The Kier molecular flexibility index (Phi) is 34.8. The van der Waals surface area contributed by atoms with E-state index in [1.165, 1.54) is 36.4 Å². The van der Waals surface area contributed by atoms with Crippen LogP contribution in [0, 0.1) is 18.6 Å². The summed E-state index contributed by atoms with van der Waals surface area (Å²) in [6.45, 7) is -2.78. The number of benzene rings is 5. The number of aromatic carboxylic acids is 1. The van der Waals surface area contributed by atoms with Crippen molar-refractivity contribution in [3.8, 4) is 39.7 Å². The monoisotopic (exact) mass is 1140 g/mol. The molecule has 72 heavy (non-hydrogen) atoms. The van der Waals surface area contributed by atoms with Crippen molar-refractivity contribution in [3.63, 3.8) is 0 Å². The van der Waals surface area contributed by atoms with Crippen LogP contribution in [-0.2, 0) is 25.7 Å². The number of halogens is 2. The van der Waals surface area contributed by atoms with Gasteiger partial charge < -0.3 is 83.6 Å². The van der Waals surface area contributed by atoms with E-state index in [0.717, 1.165) is 46.2 Å². The molecule has 1 amide bonds. The summed E-state index contributed by atoms with van der Waals surface area (Å²) in [5.74, 6) is -13.1. The molecule has 27 heteroatoms. The molecule has 0 atom stereocenters. The SMILES string of the molecule is Cc1ccc(N(CC(=O)[O-])CC(=O)[O-])c(OCCOc2cc(CNC(=O)c3ccc(-c4c5cc(F)c(=O)cc-5oc5cc([O-])c(F)cc45)c(C(=O)[O-])c3)ccc2N(CC(=O)[O-])CC(=O)[O-])c1.[K+].[K+].[K+].[K+].[K+].[K+]. The molecule has 2 aliphatic rings. The van der Waals surface area contributed by atoms with Crippen molar-refractivity contribution in [1.29, 1.82) is 0 Å². The molecule has 19 nitrogen and oxygen atoms in total. The summed E-state index contributed by atoms with van der Waals surface area (Å²) < 4.78 is 46.5. The molecule has 0 saturated carbocycles. The molecule has 0 unspecified atom stereocenters. The molecule has 0 saturated heterocycles. The Morgan fingerprint density at radius 1 is 0.625 bits per heavy atom. The number of nitrogens with zero attached hydrogens (tertiary/aromatic N) is 2. The summed E-state index contributed by atoms with van der Waals surface area (Å²) in [6, 6.07) is 14.8. The molecule has 6 rings (SSSR count). The van der Waals surface area contributed by atoms with Gasteiger partial charge in [0.1, 0.15) is 41.9 Å². The van der Waals surface area contributed by atoms with Crippen molar-refractivity contribution in [2.45, 2.75) is 13.5 Å². The zero-order valence-corrected chi connectivity index (χ0v) is 58.9. The Balaban J connectivity index is 0.00000840. The van der Waals surface area contributed by atoms with Gasteiger partial charge in [-0.15, -0.1) is 0 Å². The quantitative estimate of drug-likeness (QED) is 0.0422. The van der Waals surface area contributed by atoms with E-state index in [4.69, 9.17) is 13.9 Å². The fourth-order valence-electron chi connectivity index (χ4n) is 6.96. The van der Waals surface area contributed by atoms with Crippen LogP contribution < -0.4 is 369 Å². The third-order valence-corrected chi connectivity index (χ3v) is 9.75. The van der Waals surface area contributed by atoms with E-state index < -0.39 is 90.3 Å². The molecule has 4 aromatic carbocycles. The smallest absolute Gasteiger partial charge is 0.870 e. The number of carbonyl (C=O) groups is 6. The molecule has 1 N–H and O–H groups in total. The summed E-state index contributed by atoms with van der Waals surface area (Å²) >= 11 is 0. The molecular formula is C45H31F2K6N3O16. The van der Waals surface area contributed by atoms with E-state index in [1.54, 1.807) is 13.0 Å². The second-order valence-electron chi connectivity index (χ2n) is 14.4. The number of carbonyl (C=O) groups excluding carboxylic acids is 6. The second-order valence-corrected chi connectivity index (χ2v) is 14.4. The van der Waals surface area contributed by atoms with Gasteiger partial charge in [-0.25, -0.2) is 8.78 Å². The second kappa shape index (κ2) is 34.3. The van der Waals surface area contributed by atoms with Crippen LogP contribution in [0.1, 0.15) is 31.8 Å². The van der Waals surface area contributed by atoms with Crippen molar-refractivity contribution < 1.29 is 390 Å². The summed E-state index contributed by atoms with van der Waals surface area (Å²) in [6.07, 6.45) is 0. The summed E-state index contributed by atoms with van der Waals surface area (Å²) in [5, 5.41) is 73.1. The van der Waals surface area contributed by atoms with E-state index in [1.807, 2.05) is 0 Å². The molecule has 0 bridgehead atoms. The molecule has 4 aromatic rings. The molecule has 0 radical (unpaired) electrons. The first-order chi connectivity index (χ1) is 31.3. The fourth-order valence-corrected chi connectivity index (χ4v) is 6.96. The first-order valence-electron chi connectivity index (χ1n) is 19.3. The third-order valence-electron chi connectivity index (χ3n) is 9.75. The van der Waals surface area contributed by atoms with Crippen molar-refractivity contribution in [2.24, 2.45) is 0 Å². The van der Waals surface area contributed by atoms with Crippen LogP contribution in [0.3, 0.4) is 0 Å². The zero-order valence-electron chi connectivity index (χ0n) is 40.1. The number of carboxylic acids is 5. The minimum Gasteiger partial charge on any atom is -0.870 e. The van der Waals surface area contributed by atoms with Crippen LogP contribution in [0.15, 0.2) is 88.1 Å². The maximum atomic E-state index is 14.6. The fraction of sp³-hybridized carbons (Fsp3) is 0.178. The summed E-state index contributed by atoms with van der Waals surface area (Å²) in [5.41, 5.74) is -1.90. The van der Waals surface area contributed by atoms with Crippen molar-refractivity contribution >= 4 is 58.1 Å². The standard InChI is InChI=1S/C45H37F2N3O16.6K/c1-22-2-6-31(49(18-39(53)54)19-40(55)56)37(10-22)64-8-9-65-38-11-23(3-7-32(38)50(20-41(57)58)21-42(59)60)17-48-44(61)24-4-5-25(26(12-24)45(62)63)43-27-13-29(46)33(51)15-35(27)66-36-16-34(52)30(47)14-28(36)43;;;;;;/h2-7,10-16,51H,8-9,17-21H2,1H3,(H,48,61)(H,53,54)(H,55,56)(H,57,58)(H,59,60)(H,62,63);;;;;;/q;6*+1/p-6. The maximum Gasteiger partial charge on any atom is 1.00 e. The molecular weight excluding hydrogens is 1110 g/mol. The van der Waals surface area contributed by atoms with Gasteiger partial charge in [-0.1, -0.05) is 23.9 Å². The van der Waals surface area contributed by atoms with Crippen LogP contribution >= 0.6 is 0 Å². The Hall–Kier alpha value is 1.07. The van der Waals surface area contributed by atoms with Crippen LogP contribution in [0.5, 0.6) is 17.2 Å². The molecule has 0 spiro atoms. The van der Waals surface area contributed by atoms with Gasteiger partial charge in [0.15, 0.2) is 5.82 Å². The van der Waals surface area contributed by atoms with Crippen LogP contribution in [-0.4, -0.2) is 75.1 Å². The van der Waals surface area contributed by atoms with Gasteiger partial charge in [-0.05, 0) is 78.2 Å². The zero-order chi connectivity index (χ0) is 48.0. The molecule has 0 fully saturated rings. The normalized spacial score (nSPS) is 10.0. The van der Waals surface area contributed by atoms with Crippen molar-refractivity contribution in [3.05, 3.63) is 123 Å². The molecule has 342 valence electrons. The van der Waals surface area contributed by atoms with Crippen molar-refractivity contribution in [1.82, 2.24) is 5.32 Å². The maximum absolute atomic E-state index is 14.6. The Morgan fingerprint density at radius 3 is 1.68 bits per heavy atom. The Bertz CT molecular complexity index is 2950. The van der Waals surface area contributed by atoms with Crippen LogP contribution in [0.25, 0.3) is 33.4 Å². The number of hydrogen-bond acceptors (Lipinski definition) is 18. The van der Waals surface area contributed by atoms with E-state index in [9.17, 15) is 73.0 Å². The molecule has 0 aromatic heterocycles. The Labute approximate surface area is 663 Å². The van der Waals surface area contributed by atoms with E-state index in [2.05, 4.69) is 5.32 Å². The van der Waals surface area contributed by atoms with Crippen molar-refractivity contribution in [2.75, 3.05) is 49.2 Å². The largest absolute Gasteiger partial charge is 1.00 e. The van der Waals surface area contributed by atoms with Crippen LogP contribution in [0.2, 0.25) is 0 Å². The number of rotatable bonds is 20. The van der Waals surface area contributed by atoms with Gasteiger partial charge in [-0.3, -0.25) is 9.59 Å². The first kappa shape index (κ1) is 73.1. The van der Waals surface area contributed by atoms with E-state index in [-0.39, 0.29) is 395 Å². The van der Waals surface area contributed by atoms with E-state index in [0.29, 0.717) is 5.56 Å². The van der Waals surface area contributed by atoms with Gasteiger partial charge in [0, 0.05) is 40.3 Å². The molecule has 1 heterocycles. The minimum absolute atomic E-state index is 0. The topological polar surface area (TPSA) is 308 Å². The van der Waals surface area contributed by atoms with Gasteiger partial charge >= 0.3 is 308 Å². The number of hydrogen-bond donors (Lipinski definition) is 1. The number of anilines is 2. The number of aryl methyl sites for hydroxylation is 1. The van der Waals surface area contributed by atoms with E-state index >= 15 is 0 Å². The van der Waals surface area contributed by atoms with Gasteiger partial charge in [0.25, 0.3) is 5.91 Å². The van der Waals surface area contributed by atoms with Crippen LogP contribution in [0.4, 0.5) is 20.2 Å². The number of nitrogens with one attached hydrogen (secondary N) is 1. The number of amides is 1. The molecule has 1 aliphatic heterocycles. The van der Waals surface area contributed by atoms with Gasteiger partial charge in [0.2, 0.25) is 5.43 Å². The number of aliphatic carboxylic acids is 4. The average Bonchev–Trinajstić information content (AvgIpc) is 3.23. The Morgan fingerprint density at radius 2 is 1.15 bits per heavy atom. The number of ether oxygens (including phenoxy) is 2. The summed E-state index contributed by atoms with van der Waals surface area (Å²) in [4.78, 5) is 86.0. The number of carboxylic acid groups (broad SMARTS) is 5. The first-order valence-corrected chi connectivity index (χ1v) is 19.3. The predicted octanol–water partition coefficient (Wildman–Crippen LogP) is -20.4. The third kappa shape index (κ3) is 20.0. The van der Waals surface area contributed by atoms with Gasteiger partial charge in [0.05, 0.1) is 67.4 Å². The minimum atomic E-state index is -1.83. The van der Waals surface area contributed by atoms with Gasteiger partial charge in [-0.2, -0.15) is 0 Å². The number of fused-ring (bicyclic) bond motifs is 2. The predicted molar refractivity (Wildman–Crippen MR) is 212 cm³/mol.